The van der Waals surface area contributed by atoms with Gasteiger partial charge in [-0.15, -0.1) is 0 Å². The molecule has 8 aromatic rings. The maximum Gasteiger partial charge on any atom is 0.0506 e. The van der Waals surface area contributed by atoms with E-state index in [1.54, 1.807) is 0 Å². The molecular formula is C54H39N. The number of fused-ring (bicyclic) bond motifs is 8. The molecule has 0 spiro atoms. The van der Waals surface area contributed by atoms with E-state index in [0.717, 1.165) is 18.5 Å². The smallest absolute Gasteiger partial charge is 0.0506 e. The number of allylic oxidation sites excluding steroid dienone is 10. The van der Waals surface area contributed by atoms with Gasteiger partial charge in [-0.3, -0.25) is 0 Å². The van der Waals surface area contributed by atoms with E-state index in [1.165, 1.54) is 98.9 Å². The van der Waals surface area contributed by atoms with E-state index < -0.39 is 0 Å². The fraction of sp³-hybridized carbons (Fsp3) is 0.0370. The average Bonchev–Trinajstić information content (AvgIpc) is 3.52. The topological polar surface area (TPSA) is 12.0 Å². The van der Waals surface area contributed by atoms with Crippen molar-refractivity contribution in [1.82, 2.24) is 0 Å². The second kappa shape index (κ2) is 13.8. The molecule has 260 valence electrons. The van der Waals surface area contributed by atoms with Crippen molar-refractivity contribution in [2.24, 2.45) is 0 Å². The Hall–Kier alpha value is -6.96. The Bertz CT molecular complexity index is 2950. The Morgan fingerprint density at radius 1 is 0.527 bits per heavy atom. The second-order valence-electron chi connectivity index (χ2n) is 14.4. The van der Waals surface area contributed by atoms with Gasteiger partial charge in [-0.05, 0) is 106 Å². The third kappa shape index (κ3) is 5.56. The van der Waals surface area contributed by atoms with Gasteiger partial charge in [0.05, 0.1) is 5.69 Å². The van der Waals surface area contributed by atoms with Gasteiger partial charge < -0.3 is 5.32 Å². The molecule has 0 saturated carbocycles. The van der Waals surface area contributed by atoms with Crippen molar-refractivity contribution in [1.29, 1.82) is 0 Å². The van der Waals surface area contributed by atoms with Crippen molar-refractivity contribution >= 4 is 59.9 Å². The van der Waals surface area contributed by atoms with Gasteiger partial charge in [0.1, 0.15) is 0 Å². The molecule has 10 rings (SSSR count). The molecule has 1 nitrogen and oxygen atoms in total. The van der Waals surface area contributed by atoms with Crippen molar-refractivity contribution in [2.75, 3.05) is 11.9 Å². The van der Waals surface area contributed by atoms with Crippen molar-refractivity contribution < 1.29 is 0 Å². The van der Waals surface area contributed by atoms with Crippen LogP contribution in [0, 0.1) is 0 Å². The van der Waals surface area contributed by atoms with E-state index in [1.807, 2.05) is 6.08 Å². The molecule has 0 radical (unpaired) electrons. The summed E-state index contributed by atoms with van der Waals surface area (Å²) in [5.74, 6) is 0. The van der Waals surface area contributed by atoms with Gasteiger partial charge >= 0.3 is 0 Å². The van der Waals surface area contributed by atoms with Gasteiger partial charge in [-0.25, -0.2) is 0 Å². The number of anilines is 1. The predicted octanol–water partition coefficient (Wildman–Crippen LogP) is 14.5. The minimum atomic E-state index is 0.767. The van der Waals surface area contributed by atoms with Gasteiger partial charge in [0.2, 0.25) is 0 Å². The molecule has 55 heavy (non-hydrogen) atoms. The lowest BCUT2D eigenvalue weighted by Gasteiger charge is -2.20. The molecule has 0 fully saturated rings. The monoisotopic (exact) mass is 701 g/mol. The lowest BCUT2D eigenvalue weighted by molar-refractivity contribution is 1.40. The minimum Gasteiger partial charge on any atom is -0.380 e. The Kier molecular flexibility index (Phi) is 8.19. The van der Waals surface area contributed by atoms with Crippen LogP contribution in [0.5, 0.6) is 0 Å². The van der Waals surface area contributed by atoms with E-state index in [9.17, 15) is 0 Å². The first kappa shape index (κ1) is 32.7. The molecule has 0 saturated heterocycles. The molecule has 0 bridgehead atoms. The average molecular weight is 702 g/mol. The van der Waals surface area contributed by atoms with Crippen LogP contribution < -0.4 is 5.32 Å². The summed E-state index contributed by atoms with van der Waals surface area (Å²) in [6.45, 7) is 4.93. The van der Waals surface area contributed by atoms with Crippen LogP contribution in [0.3, 0.4) is 0 Å². The van der Waals surface area contributed by atoms with Crippen LogP contribution in [0.25, 0.3) is 76.5 Å². The summed E-state index contributed by atoms with van der Waals surface area (Å²) in [5, 5.41) is 13.9. The molecule has 1 aliphatic heterocycles. The van der Waals surface area contributed by atoms with Gasteiger partial charge in [-0.2, -0.15) is 0 Å². The van der Waals surface area contributed by atoms with Crippen LogP contribution in [-0.4, -0.2) is 6.54 Å². The first-order valence-electron chi connectivity index (χ1n) is 19.2. The van der Waals surface area contributed by atoms with Gasteiger partial charge in [0.15, 0.2) is 0 Å². The normalized spacial score (nSPS) is 14.9. The Labute approximate surface area is 322 Å². The summed E-state index contributed by atoms with van der Waals surface area (Å²) >= 11 is 0. The SMILES string of the molecule is C=C/C=C(\C=C1/CNc2c1c1ccccc1c1ccccc21)C1=CC(c2c3ccccc3c(-c3ccccc3-c3ccccc3)c3ccccc23)=CCC=C1. The predicted molar refractivity (Wildman–Crippen MR) is 238 cm³/mol. The standard InChI is InChI=1S/C54H39N/c1-2-18-37(34-40-35-55-54-50-32-17-10-25-43(50)42-24-9-12-27-45(42)52(40)54)38-21-6-7-22-39(33-38)51-46-28-13-15-30-48(46)53(49-31-16-14-29-47(49)51)44-26-11-8-23-41(44)36-19-4-3-5-20-36/h2-6,8-34,55H,1,7,35H2/b37-18+,40-34+. The highest BCUT2D eigenvalue weighted by molar-refractivity contribution is 6.22. The molecule has 1 aliphatic carbocycles. The van der Waals surface area contributed by atoms with E-state index in [4.69, 9.17) is 0 Å². The van der Waals surface area contributed by atoms with Crippen LogP contribution in [-0.2, 0) is 0 Å². The van der Waals surface area contributed by atoms with Gasteiger partial charge in [0.25, 0.3) is 0 Å². The highest BCUT2D eigenvalue weighted by Gasteiger charge is 2.24. The Morgan fingerprint density at radius 2 is 1.05 bits per heavy atom. The highest BCUT2D eigenvalue weighted by Crippen LogP contribution is 2.47. The fourth-order valence-corrected chi connectivity index (χ4v) is 8.91. The fourth-order valence-electron chi connectivity index (χ4n) is 8.91. The molecule has 0 amide bonds. The highest BCUT2D eigenvalue weighted by atomic mass is 14.9. The van der Waals surface area contributed by atoms with Crippen molar-refractivity contribution in [3.8, 4) is 22.3 Å². The summed E-state index contributed by atoms with van der Waals surface area (Å²) < 4.78 is 0. The molecule has 1 N–H and O–H groups in total. The van der Waals surface area contributed by atoms with Crippen molar-refractivity contribution in [3.63, 3.8) is 0 Å². The van der Waals surface area contributed by atoms with Crippen LogP contribution in [0.15, 0.2) is 212 Å². The number of nitrogens with one attached hydrogen (secondary N) is 1. The minimum absolute atomic E-state index is 0.767. The largest absolute Gasteiger partial charge is 0.380 e. The zero-order valence-electron chi connectivity index (χ0n) is 30.6. The van der Waals surface area contributed by atoms with Crippen LogP contribution >= 0.6 is 0 Å². The quantitative estimate of drug-likeness (QED) is 0.103. The van der Waals surface area contributed by atoms with E-state index >= 15 is 0 Å². The summed E-state index contributed by atoms with van der Waals surface area (Å²) in [5.41, 5.74) is 13.6. The molecule has 0 unspecified atom stereocenters. The van der Waals surface area contributed by atoms with Crippen LogP contribution in [0.4, 0.5) is 5.69 Å². The Balaban J connectivity index is 1.16. The van der Waals surface area contributed by atoms with Gasteiger partial charge in [0, 0.05) is 17.5 Å². The third-order valence-corrected chi connectivity index (χ3v) is 11.3. The molecule has 0 atom stereocenters. The number of rotatable bonds is 6. The second-order valence-corrected chi connectivity index (χ2v) is 14.4. The zero-order chi connectivity index (χ0) is 36.7. The number of hydrogen-bond donors (Lipinski definition) is 1. The summed E-state index contributed by atoms with van der Waals surface area (Å²) in [7, 11) is 0. The third-order valence-electron chi connectivity index (χ3n) is 11.3. The van der Waals surface area contributed by atoms with E-state index in [-0.39, 0.29) is 0 Å². The molecular weight excluding hydrogens is 663 g/mol. The first-order chi connectivity index (χ1) is 27.3. The number of benzene rings is 8. The summed E-state index contributed by atoms with van der Waals surface area (Å²) in [4.78, 5) is 0. The zero-order valence-corrected chi connectivity index (χ0v) is 30.6. The van der Waals surface area contributed by atoms with Crippen LogP contribution in [0.2, 0.25) is 0 Å². The van der Waals surface area contributed by atoms with E-state index in [2.05, 4.69) is 200 Å². The van der Waals surface area contributed by atoms with Crippen molar-refractivity contribution in [2.45, 2.75) is 6.42 Å². The lowest BCUT2D eigenvalue weighted by Crippen LogP contribution is -1.95. The molecule has 1 heterocycles. The molecule has 8 aromatic carbocycles. The van der Waals surface area contributed by atoms with Crippen molar-refractivity contribution in [3.05, 3.63) is 223 Å². The van der Waals surface area contributed by atoms with Gasteiger partial charge in [-0.1, -0.05) is 189 Å². The molecule has 0 aromatic heterocycles. The summed E-state index contributed by atoms with van der Waals surface area (Å²) in [6.07, 6.45) is 16.6. The number of hydrogen-bond acceptors (Lipinski definition) is 1. The lowest BCUT2D eigenvalue weighted by atomic mass is 9.83. The maximum absolute atomic E-state index is 4.17. The molecule has 2 aliphatic rings. The first-order valence-corrected chi connectivity index (χ1v) is 19.2. The Morgan fingerprint density at radius 3 is 1.71 bits per heavy atom. The maximum atomic E-state index is 4.17. The van der Waals surface area contributed by atoms with Crippen LogP contribution in [0.1, 0.15) is 17.5 Å². The molecule has 1 heteroatoms. The summed E-state index contributed by atoms with van der Waals surface area (Å²) in [6, 6.07) is 55.1. The van der Waals surface area contributed by atoms with E-state index in [0.29, 0.717) is 0 Å².